The smallest absolute Gasteiger partial charge is 0.0462 e. The van der Waals surface area contributed by atoms with E-state index in [0.717, 1.165) is 17.1 Å². The summed E-state index contributed by atoms with van der Waals surface area (Å²) < 4.78 is 2.47. The second kappa shape index (κ2) is 11.2. The fraction of sp³-hybridized carbons (Fsp3) is 0. The number of halogens is 2. The first-order valence-electron chi connectivity index (χ1n) is 11.4. The maximum absolute atomic E-state index is 2.36. The molecular formula is C32H23I2N. The van der Waals surface area contributed by atoms with E-state index >= 15 is 0 Å². The molecule has 0 saturated carbocycles. The molecule has 0 aliphatic rings. The van der Waals surface area contributed by atoms with Crippen LogP contribution < -0.4 is 4.90 Å². The van der Waals surface area contributed by atoms with Gasteiger partial charge in [0.15, 0.2) is 0 Å². The summed E-state index contributed by atoms with van der Waals surface area (Å²) in [7, 11) is 0. The predicted octanol–water partition coefficient (Wildman–Crippen LogP) is 9.95. The third-order valence-electron chi connectivity index (χ3n) is 5.80. The summed E-state index contributed by atoms with van der Waals surface area (Å²) in [5.74, 6) is 0. The number of para-hydroxylation sites is 2. The monoisotopic (exact) mass is 675 g/mol. The SMILES string of the molecule is Ic1ccc(C(=Cc2ccc(N(c3ccccc3)c3ccccc3)cc2)c2ccc(I)cc2)cc1. The minimum absolute atomic E-state index is 1.13. The lowest BCUT2D eigenvalue weighted by atomic mass is 9.95. The Labute approximate surface area is 234 Å². The fourth-order valence-electron chi connectivity index (χ4n) is 4.08. The molecule has 0 atom stereocenters. The van der Waals surface area contributed by atoms with Crippen LogP contribution in [0.15, 0.2) is 133 Å². The molecule has 1 nitrogen and oxygen atoms in total. The van der Waals surface area contributed by atoms with E-state index in [0.29, 0.717) is 0 Å². The number of rotatable bonds is 6. The van der Waals surface area contributed by atoms with Crippen LogP contribution >= 0.6 is 45.2 Å². The lowest BCUT2D eigenvalue weighted by Gasteiger charge is -2.25. The fourth-order valence-corrected chi connectivity index (χ4v) is 4.80. The van der Waals surface area contributed by atoms with E-state index in [4.69, 9.17) is 0 Å². The van der Waals surface area contributed by atoms with Gasteiger partial charge in [-0.1, -0.05) is 72.8 Å². The third-order valence-corrected chi connectivity index (χ3v) is 7.24. The average Bonchev–Trinajstić information content (AvgIpc) is 2.91. The molecule has 0 unspecified atom stereocenters. The van der Waals surface area contributed by atoms with Gasteiger partial charge in [-0.2, -0.15) is 0 Å². The van der Waals surface area contributed by atoms with Crippen molar-refractivity contribution in [1.29, 1.82) is 0 Å². The number of hydrogen-bond acceptors (Lipinski definition) is 1. The maximum Gasteiger partial charge on any atom is 0.0462 e. The standard InChI is InChI=1S/C32H23I2N/c33-27-17-13-25(14-18-27)32(26-15-19-28(34)20-16-26)23-24-11-21-31(22-12-24)35(29-7-3-1-4-8-29)30-9-5-2-6-10-30/h1-23H. The molecule has 0 amide bonds. The normalized spacial score (nSPS) is 10.6. The minimum Gasteiger partial charge on any atom is -0.311 e. The molecule has 170 valence electrons. The largest absolute Gasteiger partial charge is 0.311 e. The quantitative estimate of drug-likeness (QED) is 0.128. The van der Waals surface area contributed by atoms with Crippen molar-refractivity contribution in [2.24, 2.45) is 0 Å². The molecule has 5 rings (SSSR count). The van der Waals surface area contributed by atoms with Gasteiger partial charge < -0.3 is 4.90 Å². The van der Waals surface area contributed by atoms with E-state index < -0.39 is 0 Å². The summed E-state index contributed by atoms with van der Waals surface area (Å²) in [4.78, 5) is 2.28. The Balaban J connectivity index is 1.55. The highest BCUT2D eigenvalue weighted by Crippen LogP contribution is 2.35. The topological polar surface area (TPSA) is 3.24 Å². The van der Waals surface area contributed by atoms with Crippen LogP contribution in [0.5, 0.6) is 0 Å². The van der Waals surface area contributed by atoms with E-state index in [-0.39, 0.29) is 0 Å². The molecule has 0 N–H and O–H groups in total. The summed E-state index contributed by atoms with van der Waals surface area (Å²) in [6.07, 6.45) is 2.28. The molecule has 0 aromatic heterocycles. The molecular weight excluding hydrogens is 652 g/mol. The van der Waals surface area contributed by atoms with Crippen LogP contribution in [-0.4, -0.2) is 0 Å². The summed E-state index contributed by atoms with van der Waals surface area (Å²) in [5.41, 5.74) is 8.22. The van der Waals surface area contributed by atoms with Gasteiger partial charge >= 0.3 is 0 Å². The first kappa shape index (κ1) is 23.8. The Morgan fingerprint density at radius 2 is 0.857 bits per heavy atom. The highest BCUT2D eigenvalue weighted by molar-refractivity contribution is 14.1. The van der Waals surface area contributed by atoms with Crippen molar-refractivity contribution in [3.63, 3.8) is 0 Å². The van der Waals surface area contributed by atoms with Gasteiger partial charge in [-0.15, -0.1) is 0 Å². The number of benzene rings is 5. The lowest BCUT2D eigenvalue weighted by Crippen LogP contribution is -2.09. The zero-order chi connectivity index (χ0) is 24.0. The minimum atomic E-state index is 1.13. The molecule has 0 aliphatic carbocycles. The molecule has 0 bridgehead atoms. The zero-order valence-electron chi connectivity index (χ0n) is 19.0. The summed E-state index contributed by atoms with van der Waals surface area (Å²) >= 11 is 4.71. The summed E-state index contributed by atoms with van der Waals surface area (Å²) in [5, 5.41) is 0. The molecule has 0 spiro atoms. The van der Waals surface area contributed by atoms with Gasteiger partial charge in [0, 0.05) is 24.2 Å². The Morgan fingerprint density at radius 3 is 1.29 bits per heavy atom. The van der Waals surface area contributed by atoms with Crippen molar-refractivity contribution in [2.75, 3.05) is 4.90 Å². The molecule has 5 aromatic carbocycles. The van der Waals surface area contributed by atoms with Crippen LogP contribution in [0.2, 0.25) is 0 Å². The zero-order valence-corrected chi connectivity index (χ0v) is 23.3. The van der Waals surface area contributed by atoms with Gasteiger partial charge in [0.05, 0.1) is 0 Å². The van der Waals surface area contributed by atoms with Gasteiger partial charge in [0.2, 0.25) is 0 Å². The van der Waals surface area contributed by atoms with Crippen LogP contribution in [0.25, 0.3) is 11.6 Å². The van der Waals surface area contributed by atoms with Gasteiger partial charge in [-0.3, -0.25) is 0 Å². The molecule has 0 aliphatic heterocycles. The molecule has 3 heteroatoms. The van der Waals surface area contributed by atoms with Gasteiger partial charge in [-0.25, -0.2) is 0 Å². The van der Waals surface area contributed by atoms with Crippen molar-refractivity contribution in [3.05, 3.63) is 157 Å². The first-order valence-corrected chi connectivity index (χ1v) is 13.6. The highest BCUT2D eigenvalue weighted by atomic mass is 127. The first-order chi connectivity index (χ1) is 17.2. The van der Waals surface area contributed by atoms with E-state index in [9.17, 15) is 0 Å². The molecule has 35 heavy (non-hydrogen) atoms. The Morgan fingerprint density at radius 1 is 0.457 bits per heavy atom. The maximum atomic E-state index is 2.36. The molecule has 0 radical (unpaired) electrons. The Hall–Kier alpha value is -2.90. The van der Waals surface area contributed by atoms with Gasteiger partial charge in [0.1, 0.15) is 0 Å². The van der Waals surface area contributed by atoms with Gasteiger partial charge in [-0.05, 0) is 134 Å². The molecule has 0 saturated heterocycles. The van der Waals surface area contributed by atoms with E-state index in [1.54, 1.807) is 0 Å². The van der Waals surface area contributed by atoms with Crippen LogP contribution in [-0.2, 0) is 0 Å². The third kappa shape index (κ3) is 5.85. The molecule has 0 heterocycles. The Bertz CT molecular complexity index is 1320. The summed E-state index contributed by atoms with van der Waals surface area (Å²) in [6.45, 7) is 0. The predicted molar refractivity (Wildman–Crippen MR) is 166 cm³/mol. The van der Waals surface area contributed by atoms with E-state index in [1.165, 1.54) is 29.4 Å². The second-order valence-electron chi connectivity index (χ2n) is 8.17. The second-order valence-corrected chi connectivity index (χ2v) is 10.7. The van der Waals surface area contributed by atoms with E-state index in [1.807, 2.05) is 0 Å². The molecule has 5 aromatic rings. The van der Waals surface area contributed by atoms with Crippen LogP contribution in [0.1, 0.15) is 16.7 Å². The van der Waals surface area contributed by atoms with Crippen molar-refractivity contribution >= 4 is 73.9 Å². The van der Waals surface area contributed by atoms with Crippen LogP contribution in [0.3, 0.4) is 0 Å². The number of hydrogen-bond donors (Lipinski definition) is 0. The number of anilines is 3. The Kier molecular flexibility index (Phi) is 7.64. The summed E-state index contributed by atoms with van der Waals surface area (Å²) in [6, 6.07) is 47.3. The van der Waals surface area contributed by atoms with Crippen molar-refractivity contribution in [3.8, 4) is 0 Å². The van der Waals surface area contributed by atoms with Crippen molar-refractivity contribution in [2.45, 2.75) is 0 Å². The average molecular weight is 675 g/mol. The van der Waals surface area contributed by atoms with Crippen LogP contribution in [0.4, 0.5) is 17.1 Å². The lowest BCUT2D eigenvalue weighted by molar-refractivity contribution is 1.28. The number of nitrogens with zero attached hydrogens (tertiary/aromatic N) is 1. The van der Waals surface area contributed by atoms with E-state index in [2.05, 4.69) is 190 Å². The van der Waals surface area contributed by atoms with Crippen molar-refractivity contribution < 1.29 is 0 Å². The highest BCUT2D eigenvalue weighted by Gasteiger charge is 2.12. The van der Waals surface area contributed by atoms with Crippen LogP contribution in [0, 0.1) is 7.14 Å². The van der Waals surface area contributed by atoms with Crippen molar-refractivity contribution in [1.82, 2.24) is 0 Å². The van der Waals surface area contributed by atoms with Gasteiger partial charge in [0.25, 0.3) is 0 Å². The molecule has 0 fully saturated rings.